The lowest BCUT2D eigenvalue weighted by atomic mass is 9.83. The van der Waals surface area contributed by atoms with E-state index >= 15 is 0 Å². The van der Waals surface area contributed by atoms with Gasteiger partial charge in [0.15, 0.2) is 6.10 Å². The number of nitrogens with zero attached hydrogens (tertiary/aromatic N) is 4. The Labute approximate surface area is 303 Å². The van der Waals surface area contributed by atoms with E-state index in [9.17, 15) is 24.3 Å². The van der Waals surface area contributed by atoms with Crippen LogP contribution in [-0.4, -0.2) is 98.2 Å². The van der Waals surface area contributed by atoms with Gasteiger partial charge in [0.25, 0.3) is 5.91 Å². The Morgan fingerprint density at radius 1 is 0.961 bits per heavy atom. The second kappa shape index (κ2) is 19.6. The van der Waals surface area contributed by atoms with Crippen molar-refractivity contribution in [3.63, 3.8) is 0 Å². The number of hydrazine groups is 1. The van der Waals surface area contributed by atoms with Crippen molar-refractivity contribution in [2.45, 2.75) is 129 Å². The SMILES string of the molecule is CC(C)CCC(O)C(CC1CCCCC1)NC(=O)[C@H](Cc1c[nH]cn1)N(C)C(=O)C(Cc1ccccc1)OC(=O)N1CCCCN1C(=O)C(C)C. The molecule has 1 aromatic heterocycles. The summed E-state index contributed by atoms with van der Waals surface area (Å²) in [6, 6.07) is 7.80. The summed E-state index contributed by atoms with van der Waals surface area (Å²) in [5, 5.41) is 17.3. The van der Waals surface area contributed by atoms with E-state index in [0.29, 0.717) is 49.9 Å². The molecular weight excluding hydrogens is 648 g/mol. The fourth-order valence-electron chi connectivity index (χ4n) is 7.14. The Morgan fingerprint density at radius 2 is 1.65 bits per heavy atom. The maximum Gasteiger partial charge on any atom is 0.429 e. The highest BCUT2D eigenvalue weighted by Gasteiger charge is 2.38. The van der Waals surface area contributed by atoms with Crippen LogP contribution in [0.15, 0.2) is 42.9 Å². The topological polar surface area (TPSA) is 148 Å². The molecule has 1 saturated carbocycles. The van der Waals surface area contributed by atoms with Gasteiger partial charge in [-0.2, -0.15) is 0 Å². The number of carbonyl (C=O) groups is 4. The molecule has 4 amide bonds. The van der Waals surface area contributed by atoms with Crippen LogP contribution in [0.5, 0.6) is 0 Å². The molecule has 1 saturated heterocycles. The van der Waals surface area contributed by atoms with E-state index in [-0.39, 0.29) is 24.7 Å². The molecule has 2 aliphatic rings. The molecule has 2 aromatic rings. The fraction of sp³-hybridized carbons (Fsp3) is 0.667. The zero-order valence-electron chi connectivity index (χ0n) is 31.3. The molecule has 1 aromatic carbocycles. The summed E-state index contributed by atoms with van der Waals surface area (Å²) in [6.45, 7) is 8.48. The van der Waals surface area contributed by atoms with E-state index in [1.165, 1.54) is 27.7 Å². The molecule has 12 heteroatoms. The number of likely N-dealkylation sites (N-methyl/N-ethyl adjacent to an activating group) is 1. The first-order valence-corrected chi connectivity index (χ1v) is 19.0. The molecule has 51 heavy (non-hydrogen) atoms. The number of ether oxygens (including phenoxy) is 1. The number of hydrogen-bond donors (Lipinski definition) is 3. The molecule has 4 rings (SSSR count). The van der Waals surface area contributed by atoms with Crippen molar-refractivity contribution in [2.24, 2.45) is 17.8 Å². The molecular formula is C39H60N6O6. The zero-order valence-corrected chi connectivity index (χ0v) is 31.3. The molecule has 12 nitrogen and oxygen atoms in total. The van der Waals surface area contributed by atoms with Crippen LogP contribution in [0.1, 0.15) is 103 Å². The Kier molecular flexibility index (Phi) is 15.3. The van der Waals surface area contributed by atoms with Gasteiger partial charge < -0.3 is 25.0 Å². The molecule has 1 aliphatic carbocycles. The third kappa shape index (κ3) is 11.8. The minimum atomic E-state index is -1.27. The summed E-state index contributed by atoms with van der Waals surface area (Å²) >= 11 is 0. The molecule has 0 bridgehead atoms. The number of H-pyrrole nitrogens is 1. The largest absolute Gasteiger partial charge is 0.434 e. The number of aromatic nitrogens is 2. The van der Waals surface area contributed by atoms with Crippen LogP contribution in [0.2, 0.25) is 0 Å². The summed E-state index contributed by atoms with van der Waals surface area (Å²) in [5.41, 5.74) is 1.37. The van der Waals surface area contributed by atoms with Crippen LogP contribution in [0.25, 0.3) is 0 Å². The number of amides is 4. The lowest BCUT2D eigenvalue weighted by Crippen LogP contribution is -2.58. The van der Waals surface area contributed by atoms with Crippen molar-refractivity contribution < 1.29 is 29.0 Å². The second-order valence-corrected chi connectivity index (χ2v) is 15.1. The average Bonchev–Trinajstić information content (AvgIpc) is 3.65. The summed E-state index contributed by atoms with van der Waals surface area (Å²) in [4.78, 5) is 64.2. The minimum Gasteiger partial charge on any atom is -0.434 e. The van der Waals surface area contributed by atoms with Gasteiger partial charge in [0.2, 0.25) is 11.8 Å². The summed E-state index contributed by atoms with van der Waals surface area (Å²) in [6.07, 6.45) is 9.81. The van der Waals surface area contributed by atoms with Crippen LogP contribution in [0.3, 0.4) is 0 Å². The third-order valence-corrected chi connectivity index (χ3v) is 10.2. The molecule has 2 heterocycles. The number of carbonyl (C=O) groups excluding carboxylic acids is 4. The normalized spacial score (nSPS) is 17.9. The number of hydrogen-bond acceptors (Lipinski definition) is 7. The van der Waals surface area contributed by atoms with Gasteiger partial charge in [-0.05, 0) is 49.5 Å². The number of aromatic amines is 1. The van der Waals surface area contributed by atoms with E-state index in [1.807, 2.05) is 30.3 Å². The smallest absolute Gasteiger partial charge is 0.429 e. The predicted octanol–water partition coefficient (Wildman–Crippen LogP) is 5.27. The van der Waals surface area contributed by atoms with Crippen molar-refractivity contribution in [1.29, 1.82) is 0 Å². The van der Waals surface area contributed by atoms with Gasteiger partial charge in [0, 0.05) is 45.1 Å². The first kappa shape index (κ1) is 39.8. The number of rotatable bonds is 16. The molecule has 3 N–H and O–H groups in total. The van der Waals surface area contributed by atoms with Crippen LogP contribution in [0, 0.1) is 17.8 Å². The molecule has 1 aliphatic heterocycles. The number of aliphatic hydroxyl groups excluding tert-OH is 1. The standard InChI is InChI=1S/C39H60N6O6/c1-27(2)18-19-34(46)32(22-29-14-8-6-9-15-29)42-36(47)33(24-31-25-40-26-41-31)43(5)38(49)35(23-30-16-10-7-11-17-30)51-39(50)45-21-13-12-20-44(45)37(48)28(3)4/h7,10-11,16-17,25-29,32-35,46H,6,8-9,12-15,18-24H2,1-5H3,(H,40,41)(H,42,47)/t32?,33-,34?,35?/m0/s1. The lowest BCUT2D eigenvalue weighted by molar-refractivity contribution is -0.156. The second-order valence-electron chi connectivity index (χ2n) is 15.1. The summed E-state index contributed by atoms with van der Waals surface area (Å²) in [5.74, 6) is -0.638. The predicted molar refractivity (Wildman–Crippen MR) is 195 cm³/mol. The van der Waals surface area contributed by atoms with Crippen LogP contribution < -0.4 is 5.32 Å². The molecule has 2 fully saturated rings. The number of benzene rings is 1. The Morgan fingerprint density at radius 3 is 2.27 bits per heavy atom. The lowest BCUT2D eigenvalue weighted by Gasteiger charge is -2.39. The van der Waals surface area contributed by atoms with E-state index in [1.54, 1.807) is 27.1 Å². The third-order valence-electron chi connectivity index (χ3n) is 10.2. The van der Waals surface area contributed by atoms with Gasteiger partial charge in [-0.1, -0.05) is 90.1 Å². The maximum atomic E-state index is 14.5. The zero-order chi connectivity index (χ0) is 36.9. The van der Waals surface area contributed by atoms with E-state index in [4.69, 9.17) is 4.74 Å². The molecule has 0 spiro atoms. The van der Waals surface area contributed by atoms with E-state index in [2.05, 4.69) is 29.1 Å². The van der Waals surface area contributed by atoms with Crippen molar-refractivity contribution in [2.75, 3.05) is 20.1 Å². The highest BCUT2D eigenvalue weighted by molar-refractivity contribution is 5.91. The highest BCUT2D eigenvalue weighted by Crippen LogP contribution is 2.29. The molecule has 0 radical (unpaired) electrons. The Hall–Kier alpha value is -3.93. The molecule has 3 unspecified atom stereocenters. The fourth-order valence-corrected chi connectivity index (χ4v) is 7.14. The first-order chi connectivity index (χ1) is 24.4. The van der Waals surface area contributed by atoms with Crippen molar-refractivity contribution in [3.05, 3.63) is 54.1 Å². The Balaban J connectivity index is 1.60. The average molecular weight is 709 g/mol. The van der Waals surface area contributed by atoms with Crippen LogP contribution in [-0.2, 0) is 32.0 Å². The van der Waals surface area contributed by atoms with Gasteiger partial charge in [-0.15, -0.1) is 0 Å². The van der Waals surface area contributed by atoms with Gasteiger partial charge in [0.1, 0.15) is 6.04 Å². The van der Waals surface area contributed by atoms with E-state index in [0.717, 1.165) is 44.1 Å². The van der Waals surface area contributed by atoms with Gasteiger partial charge >= 0.3 is 6.09 Å². The first-order valence-electron chi connectivity index (χ1n) is 19.0. The molecule has 282 valence electrons. The quantitative estimate of drug-likeness (QED) is 0.215. The number of imidazole rings is 1. The minimum absolute atomic E-state index is 0.0800. The monoisotopic (exact) mass is 708 g/mol. The van der Waals surface area contributed by atoms with Crippen LogP contribution >= 0.6 is 0 Å². The number of aliphatic hydroxyl groups is 1. The summed E-state index contributed by atoms with van der Waals surface area (Å²) in [7, 11) is 1.55. The van der Waals surface area contributed by atoms with Gasteiger partial charge in [-0.25, -0.2) is 19.8 Å². The van der Waals surface area contributed by atoms with Gasteiger partial charge in [0.05, 0.1) is 24.2 Å². The summed E-state index contributed by atoms with van der Waals surface area (Å²) < 4.78 is 5.98. The van der Waals surface area contributed by atoms with Crippen molar-refractivity contribution >= 4 is 23.8 Å². The van der Waals surface area contributed by atoms with E-state index < -0.39 is 42.2 Å². The number of nitrogens with one attached hydrogen (secondary N) is 2. The van der Waals surface area contributed by atoms with Crippen molar-refractivity contribution in [3.8, 4) is 0 Å². The Bertz CT molecular complexity index is 1380. The highest BCUT2D eigenvalue weighted by atomic mass is 16.6. The van der Waals surface area contributed by atoms with Gasteiger partial charge in [-0.3, -0.25) is 14.4 Å². The maximum absolute atomic E-state index is 14.5. The van der Waals surface area contributed by atoms with Crippen LogP contribution in [0.4, 0.5) is 4.79 Å². The van der Waals surface area contributed by atoms with Crippen molar-refractivity contribution in [1.82, 2.24) is 30.2 Å². The molecule has 4 atom stereocenters.